The zero-order valence-corrected chi connectivity index (χ0v) is 17.6. The highest BCUT2D eigenvalue weighted by Crippen LogP contribution is 2.32. The van der Waals surface area contributed by atoms with Crippen LogP contribution in [0.5, 0.6) is 0 Å². The number of benzene rings is 1. The Bertz CT molecular complexity index is 832. The molecule has 2 fully saturated rings. The summed E-state index contributed by atoms with van der Waals surface area (Å²) < 4.78 is 44.7. The summed E-state index contributed by atoms with van der Waals surface area (Å²) >= 11 is 0. The molecule has 1 aromatic carbocycles. The minimum absolute atomic E-state index is 0.132. The van der Waals surface area contributed by atoms with Crippen LogP contribution in [0.1, 0.15) is 24.0 Å². The number of hydrogen-bond donors (Lipinski definition) is 1. The SMILES string of the molecule is FC(F)(F)c1ccnc(NCC2(N3CCN(Cc4ccccc4)CC3)CCOCC2)c1. The van der Waals surface area contributed by atoms with Crippen molar-refractivity contribution in [1.82, 2.24) is 14.8 Å². The summed E-state index contributed by atoms with van der Waals surface area (Å²) in [5, 5.41) is 3.19. The third kappa shape index (κ3) is 5.56. The monoisotopic (exact) mass is 434 g/mol. The van der Waals surface area contributed by atoms with E-state index >= 15 is 0 Å². The van der Waals surface area contributed by atoms with Crippen molar-refractivity contribution in [2.24, 2.45) is 0 Å². The van der Waals surface area contributed by atoms with Gasteiger partial charge in [0, 0.05) is 64.2 Å². The fraction of sp³-hybridized carbons (Fsp3) is 0.522. The van der Waals surface area contributed by atoms with Crippen LogP contribution < -0.4 is 5.32 Å². The van der Waals surface area contributed by atoms with Crippen molar-refractivity contribution in [1.29, 1.82) is 0 Å². The van der Waals surface area contributed by atoms with E-state index in [2.05, 4.69) is 44.4 Å². The highest BCUT2D eigenvalue weighted by atomic mass is 19.4. The number of hydrogen-bond acceptors (Lipinski definition) is 5. The Morgan fingerprint density at radius 2 is 1.71 bits per heavy atom. The highest BCUT2D eigenvalue weighted by Gasteiger charge is 2.40. The number of anilines is 1. The Morgan fingerprint density at radius 1 is 1.00 bits per heavy atom. The molecule has 4 rings (SSSR count). The maximum Gasteiger partial charge on any atom is 0.416 e. The van der Waals surface area contributed by atoms with Crippen LogP contribution in [0.4, 0.5) is 19.0 Å². The van der Waals surface area contributed by atoms with Crippen LogP contribution in [0.15, 0.2) is 48.7 Å². The van der Waals surface area contributed by atoms with Gasteiger partial charge in [-0.2, -0.15) is 13.2 Å². The molecule has 2 aliphatic heterocycles. The quantitative estimate of drug-likeness (QED) is 0.747. The molecule has 31 heavy (non-hydrogen) atoms. The summed E-state index contributed by atoms with van der Waals surface area (Å²) in [5.41, 5.74) is 0.502. The van der Waals surface area contributed by atoms with Gasteiger partial charge >= 0.3 is 6.18 Å². The maximum absolute atomic E-state index is 13.0. The molecule has 1 N–H and O–H groups in total. The number of piperazine rings is 1. The van der Waals surface area contributed by atoms with Gasteiger partial charge in [0.1, 0.15) is 5.82 Å². The number of nitrogens with one attached hydrogen (secondary N) is 1. The molecule has 0 atom stereocenters. The molecule has 0 spiro atoms. The molecular formula is C23H29F3N4O. The van der Waals surface area contributed by atoms with Gasteiger partial charge in [-0.05, 0) is 30.5 Å². The van der Waals surface area contributed by atoms with Crippen LogP contribution in [0.3, 0.4) is 0 Å². The second kappa shape index (κ2) is 9.54. The zero-order valence-electron chi connectivity index (χ0n) is 17.6. The standard InChI is InChI=1S/C23H29F3N4O/c24-23(25,26)20-6-9-27-21(16-20)28-18-22(7-14-31-15-8-22)30-12-10-29(11-13-30)17-19-4-2-1-3-5-19/h1-6,9,16H,7-8,10-15,17-18H2,(H,27,28). The maximum atomic E-state index is 13.0. The topological polar surface area (TPSA) is 40.6 Å². The summed E-state index contributed by atoms with van der Waals surface area (Å²) in [6.45, 7) is 6.65. The van der Waals surface area contributed by atoms with Crippen molar-refractivity contribution in [2.75, 3.05) is 51.3 Å². The summed E-state index contributed by atoms with van der Waals surface area (Å²) in [4.78, 5) is 9.06. The van der Waals surface area contributed by atoms with Crippen molar-refractivity contribution >= 4 is 5.82 Å². The van der Waals surface area contributed by atoms with Gasteiger partial charge in [0.2, 0.25) is 0 Å². The van der Waals surface area contributed by atoms with E-state index < -0.39 is 11.7 Å². The lowest BCUT2D eigenvalue weighted by atomic mass is 9.87. The molecule has 2 saturated heterocycles. The van der Waals surface area contributed by atoms with E-state index in [0.29, 0.717) is 19.8 Å². The Kier molecular flexibility index (Phi) is 6.79. The lowest BCUT2D eigenvalue weighted by Gasteiger charge is -2.49. The first kappa shape index (κ1) is 22.0. The molecule has 3 heterocycles. The van der Waals surface area contributed by atoms with Crippen molar-refractivity contribution in [3.63, 3.8) is 0 Å². The second-order valence-electron chi connectivity index (χ2n) is 8.37. The summed E-state index contributed by atoms with van der Waals surface area (Å²) in [5.74, 6) is 0.267. The van der Waals surface area contributed by atoms with E-state index in [1.165, 1.54) is 11.8 Å². The fourth-order valence-electron chi connectivity index (χ4n) is 4.54. The van der Waals surface area contributed by atoms with Crippen LogP contribution >= 0.6 is 0 Å². The van der Waals surface area contributed by atoms with E-state index in [-0.39, 0.29) is 11.4 Å². The lowest BCUT2D eigenvalue weighted by Crippen LogP contribution is -2.61. The number of ether oxygens (including phenoxy) is 1. The average molecular weight is 435 g/mol. The van der Waals surface area contributed by atoms with Crippen molar-refractivity contribution in [3.8, 4) is 0 Å². The second-order valence-corrected chi connectivity index (χ2v) is 8.37. The molecule has 1 aromatic heterocycles. The number of aromatic nitrogens is 1. The first-order valence-electron chi connectivity index (χ1n) is 10.8. The van der Waals surface area contributed by atoms with E-state index in [9.17, 15) is 13.2 Å². The number of rotatable bonds is 6. The molecule has 168 valence electrons. The average Bonchev–Trinajstić information content (AvgIpc) is 2.79. The number of pyridine rings is 1. The van der Waals surface area contributed by atoms with Gasteiger partial charge in [0.05, 0.1) is 5.56 Å². The Morgan fingerprint density at radius 3 is 2.39 bits per heavy atom. The van der Waals surface area contributed by atoms with E-state index in [4.69, 9.17) is 4.74 Å². The smallest absolute Gasteiger partial charge is 0.381 e. The minimum atomic E-state index is -4.37. The molecule has 0 bridgehead atoms. The van der Waals surface area contributed by atoms with Gasteiger partial charge in [-0.1, -0.05) is 30.3 Å². The van der Waals surface area contributed by atoms with Gasteiger partial charge in [-0.15, -0.1) is 0 Å². The zero-order chi connectivity index (χ0) is 21.7. The van der Waals surface area contributed by atoms with Gasteiger partial charge in [0.25, 0.3) is 0 Å². The number of alkyl halides is 3. The largest absolute Gasteiger partial charge is 0.416 e. The molecule has 0 amide bonds. The van der Waals surface area contributed by atoms with E-state index in [1.807, 2.05) is 6.07 Å². The van der Waals surface area contributed by atoms with Crippen LogP contribution in [-0.2, 0) is 17.5 Å². The van der Waals surface area contributed by atoms with Crippen LogP contribution in [0.2, 0.25) is 0 Å². The van der Waals surface area contributed by atoms with Gasteiger partial charge in [-0.25, -0.2) is 4.98 Å². The third-order valence-electron chi connectivity index (χ3n) is 6.40. The normalized spacial score (nSPS) is 20.5. The first-order valence-corrected chi connectivity index (χ1v) is 10.8. The van der Waals surface area contributed by atoms with Crippen LogP contribution in [0.25, 0.3) is 0 Å². The van der Waals surface area contributed by atoms with E-state index in [1.54, 1.807) is 0 Å². The van der Waals surface area contributed by atoms with Crippen LogP contribution in [0, 0.1) is 0 Å². The minimum Gasteiger partial charge on any atom is -0.381 e. The molecular weight excluding hydrogens is 405 g/mol. The van der Waals surface area contributed by atoms with Crippen molar-refractivity contribution in [2.45, 2.75) is 31.1 Å². The number of nitrogens with zero attached hydrogens (tertiary/aromatic N) is 3. The summed E-state index contributed by atoms with van der Waals surface area (Å²) in [6.07, 6.45) is -1.44. The predicted octanol–water partition coefficient (Wildman–Crippen LogP) is 3.88. The number of halogens is 3. The molecule has 2 aromatic rings. The summed E-state index contributed by atoms with van der Waals surface area (Å²) in [7, 11) is 0. The Hall–Kier alpha value is -2.16. The van der Waals surface area contributed by atoms with Crippen LogP contribution in [-0.4, -0.2) is 66.3 Å². The highest BCUT2D eigenvalue weighted by molar-refractivity contribution is 5.39. The third-order valence-corrected chi connectivity index (χ3v) is 6.40. The fourth-order valence-corrected chi connectivity index (χ4v) is 4.54. The van der Waals surface area contributed by atoms with E-state index in [0.717, 1.165) is 57.7 Å². The van der Waals surface area contributed by atoms with Crippen molar-refractivity contribution < 1.29 is 17.9 Å². The molecule has 0 unspecified atom stereocenters. The molecule has 8 heteroatoms. The Balaban J connectivity index is 1.39. The molecule has 2 aliphatic rings. The van der Waals surface area contributed by atoms with Crippen molar-refractivity contribution in [3.05, 3.63) is 59.8 Å². The lowest BCUT2D eigenvalue weighted by molar-refractivity contribution is -0.137. The Labute approximate surface area is 181 Å². The molecule has 0 aliphatic carbocycles. The molecule has 0 saturated carbocycles. The molecule has 5 nitrogen and oxygen atoms in total. The van der Waals surface area contributed by atoms with Gasteiger partial charge < -0.3 is 10.1 Å². The van der Waals surface area contributed by atoms with Gasteiger partial charge in [0.15, 0.2) is 0 Å². The summed E-state index contributed by atoms with van der Waals surface area (Å²) in [6, 6.07) is 12.6. The molecule has 0 radical (unpaired) electrons. The van der Waals surface area contributed by atoms with Gasteiger partial charge in [-0.3, -0.25) is 9.80 Å². The predicted molar refractivity (Wildman–Crippen MR) is 114 cm³/mol. The first-order chi connectivity index (χ1) is 14.9.